The summed E-state index contributed by atoms with van der Waals surface area (Å²) in [5, 5.41) is 2.76. The maximum absolute atomic E-state index is 11.6. The van der Waals surface area contributed by atoms with Crippen LogP contribution in [-0.2, 0) is 38.1 Å². The molecule has 0 aromatic carbocycles. The van der Waals surface area contributed by atoms with Gasteiger partial charge in [0.25, 0.3) is 0 Å². The number of quaternary nitrogens is 1. The molecule has 0 heterocycles. The fourth-order valence-electron chi connectivity index (χ4n) is 2.17. The Hall–Kier alpha value is -1.23. The van der Waals surface area contributed by atoms with Crippen LogP contribution in [0.5, 0.6) is 0 Å². The van der Waals surface area contributed by atoms with Gasteiger partial charge in [-0.3, -0.25) is 0 Å². The molecule has 12 nitrogen and oxygen atoms in total. The zero-order valence-electron chi connectivity index (χ0n) is 21.8. The van der Waals surface area contributed by atoms with E-state index in [9.17, 15) is 48.0 Å². The summed E-state index contributed by atoms with van der Waals surface area (Å²) in [6, 6.07) is 0.682. The summed E-state index contributed by atoms with van der Waals surface area (Å²) >= 11 is 0. The maximum atomic E-state index is 11.6. The van der Waals surface area contributed by atoms with Crippen molar-refractivity contribution in [2.45, 2.75) is 44.3 Å². The van der Waals surface area contributed by atoms with Crippen molar-refractivity contribution in [1.82, 2.24) is 5.32 Å². The van der Waals surface area contributed by atoms with Gasteiger partial charge in [0.05, 0.1) is 21.1 Å². The van der Waals surface area contributed by atoms with Crippen LogP contribution in [0, 0.1) is 0 Å². The third-order valence-electron chi connectivity index (χ3n) is 3.80. The van der Waals surface area contributed by atoms with Crippen LogP contribution in [0.4, 0.5) is 31.1 Å². The topological polar surface area (TPSA) is 148 Å². The molecule has 0 spiro atoms. The van der Waals surface area contributed by atoms with Gasteiger partial charge in [-0.25, -0.2) is 21.6 Å². The molecule has 21 heteroatoms. The summed E-state index contributed by atoms with van der Waals surface area (Å²) in [4.78, 5) is 11.6. The number of carbonyl (C=O) groups excluding carboxylic acids is 1. The van der Waals surface area contributed by atoms with E-state index in [1.54, 1.807) is 0 Å². The molecule has 0 rings (SSSR count). The van der Waals surface area contributed by atoms with E-state index >= 15 is 0 Å². The average Bonchev–Trinajstić information content (AvgIpc) is 2.69. The molecule has 0 saturated carbocycles. The van der Waals surface area contributed by atoms with E-state index in [0.29, 0.717) is 39.0 Å². The van der Waals surface area contributed by atoms with Gasteiger partial charge in [0.2, 0.25) is 0 Å². The maximum Gasteiger partial charge on any atom is 0.500 e. The van der Waals surface area contributed by atoms with Gasteiger partial charge in [0.15, 0.2) is 20.0 Å². The average molecular weight is 632 g/mol. The van der Waals surface area contributed by atoms with E-state index in [4.69, 9.17) is 18.0 Å². The second kappa shape index (κ2) is 16.1. The first kappa shape index (κ1) is 38.9. The van der Waals surface area contributed by atoms with E-state index in [2.05, 4.69) is 26.5 Å². The van der Waals surface area contributed by atoms with Crippen LogP contribution in [0.2, 0.25) is 6.04 Å². The number of hydrogen-bond donors (Lipinski definition) is 1. The number of sulfonamides is 2. The molecular weight excluding hydrogens is 596 g/mol. The SMILES string of the molecule is CCO[Si](CCCNC(=O)OCC[N+](C)(C)C)(OCC)OCC.O=S(=O)([N-]S(=O)(=O)C(F)(F)F)C(F)(F)F. The van der Waals surface area contributed by atoms with Crippen molar-refractivity contribution >= 4 is 34.9 Å². The number of alkyl halides is 6. The first-order chi connectivity index (χ1) is 17.0. The van der Waals surface area contributed by atoms with Gasteiger partial charge >= 0.3 is 25.9 Å². The summed E-state index contributed by atoms with van der Waals surface area (Å²) < 4.78 is 132. The highest BCUT2D eigenvalue weighted by atomic mass is 32.3. The molecule has 0 radical (unpaired) electrons. The molecule has 0 bridgehead atoms. The molecule has 0 aliphatic heterocycles. The van der Waals surface area contributed by atoms with Crippen LogP contribution in [0.15, 0.2) is 0 Å². The molecule has 0 fully saturated rings. The van der Waals surface area contributed by atoms with E-state index in [-0.39, 0.29) is 6.09 Å². The number of hydrogen-bond acceptors (Lipinski definition) is 9. The Morgan fingerprint density at radius 2 is 1.24 bits per heavy atom. The lowest BCUT2D eigenvalue weighted by Crippen LogP contribution is -2.46. The molecule has 0 unspecified atom stereocenters. The minimum absolute atomic E-state index is 0.380. The quantitative estimate of drug-likeness (QED) is 0.125. The van der Waals surface area contributed by atoms with Crippen molar-refractivity contribution < 1.29 is 70.5 Å². The van der Waals surface area contributed by atoms with Gasteiger partial charge in [0, 0.05) is 32.4 Å². The number of ether oxygens (including phenoxy) is 1. The number of carbonyl (C=O) groups is 1. The molecule has 0 aliphatic rings. The predicted octanol–water partition coefficient (Wildman–Crippen LogP) is 2.92. The molecule has 1 amide bonds. The van der Waals surface area contributed by atoms with Crippen LogP contribution in [0.1, 0.15) is 27.2 Å². The van der Waals surface area contributed by atoms with Crippen LogP contribution in [-0.4, -0.2) is 108 Å². The number of nitrogens with one attached hydrogen (secondary N) is 1. The molecular formula is C17H35F6N3O9S2Si. The third kappa shape index (κ3) is 16.0. The van der Waals surface area contributed by atoms with Crippen LogP contribution < -0.4 is 5.32 Å². The zero-order valence-corrected chi connectivity index (χ0v) is 24.4. The van der Waals surface area contributed by atoms with Gasteiger partial charge in [-0.15, -0.1) is 0 Å². The highest BCUT2D eigenvalue weighted by Crippen LogP contribution is 2.36. The highest BCUT2D eigenvalue weighted by Gasteiger charge is 2.47. The van der Waals surface area contributed by atoms with Crippen LogP contribution in [0.3, 0.4) is 0 Å². The Balaban J connectivity index is 0. The van der Waals surface area contributed by atoms with E-state index in [1.807, 2.05) is 20.8 Å². The largest absolute Gasteiger partial charge is 0.500 e. The zero-order chi connectivity index (χ0) is 30.5. The fourth-order valence-corrected chi connectivity index (χ4v) is 6.50. The number of nitrogens with zero attached hydrogens (tertiary/aromatic N) is 2. The summed E-state index contributed by atoms with van der Waals surface area (Å²) in [5.41, 5.74) is -12.4. The Bertz CT molecular complexity index is 853. The normalized spacial score (nSPS) is 13.5. The molecule has 0 saturated heterocycles. The molecule has 0 aromatic rings. The minimum Gasteiger partial charge on any atom is -0.444 e. The first-order valence-electron chi connectivity index (χ1n) is 11.0. The highest BCUT2D eigenvalue weighted by molar-refractivity contribution is 8.13. The summed E-state index contributed by atoms with van der Waals surface area (Å²) in [7, 11) is -9.89. The van der Waals surface area contributed by atoms with Gasteiger partial charge in [-0.2, -0.15) is 26.3 Å². The fraction of sp³-hybridized carbons (Fsp3) is 0.941. The van der Waals surface area contributed by atoms with Crippen molar-refractivity contribution in [3.63, 3.8) is 0 Å². The molecule has 0 atom stereocenters. The Kier molecular flexibility index (Phi) is 16.5. The number of rotatable bonds is 15. The van der Waals surface area contributed by atoms with Crippen LogP contribution in [0.25, 0.3) is 4.13 Å². The number of halogens is 6. The predicted molar refractivity (Wildman–Crippen MR) is 126 cm³/mol. The second-order valence-electron chi connectivity index (χ2n) is 8.08. The monoisotopic (exact) mass is 631 g/mol. The van der Waals surface area contributed by atoms with Crippen molar-refractivity contribution in [2.24, 2.45) is 0 Å². The van der Waals surface area contributed by atoms with Gasteiger partial charge < -0.3 is 31.9 Å². The third-order valence-corrected chi connectivity index (χ3v) is 9.69. The minimum atomic E-state index is -6.72. The Morgan fingerprint density at radius 1 is 0.842 bits per heavy atom. The molecule has 230 valence electrons. The summed E-state index contributed by atoms with van der Waals surface area (Å²) in [5.74, 6) is 0. The van der Waals surface area contributed by atoms with Gasteiger partial charge in [-0.1, -0.05) is 0 Å². The van der Waals surface area contributed by atoms with Crippen LogP contribution >= 0.6 is 0 Å². The lowest BCUT2D eigenvalue weighted by Gasteiger charge is -2.28. The first-order valence-corrected chi connectivity index (χ1v) is 15.8. The molecule has 1 N–H and O–H groups in total. The van der Waals surface area contributed by atoms with E-state index in [0.717, 1.165) is 21.6 Å². The lowest BCUT2D eigenvalue weighted by molar-refractivity contribution is -0.870. The lowest BCUT2D eigenvalue weighted by atomic mass is 10.5. The van der Waals surface area contributed by atoms with Gasteiger partial charge in [0.1, 0.15) is 13.2 Å². The van der Waals surface area contributed by atoms with Crippen molar-refractivity contribution in [3.05, 3.63) is 4.13 Å². The molecule has 0 aliphatic carbocycles. The summed E-state index contributed by atoms with van der Waals surface area (Å²) in [6.45, 7) is 9.19. The van der Waals surface area contributed by atoms with E-state index in [1.165, 1.54) is 0 Å². The number of alkyl carbamates (subject to hydrolysis) is 1. The standard InChI is InChI=1S/C15H34N2O5Si.C2F6NO4S2/c1-7-20-23(21-8-2,22-9-3)14-10-11-16-15(18)19-13-12-17(4,5)6;3-1(4,5)14(10,11)9-15(12,13)2(6,7)8/h7-14H2,1-6H3;/q;-1/p+1. The summed E-state index contributed by atoms with van der Waals surface area (Å²) in [6.07, 6.45) is 0.353. The van der Waals surface area contributed by atoms with Crippen molar-refractivity contribution in [2.75, 3.05) is 60.7 Å². The van der Waals surface area contributed by atoms with Gasteiger partial charge in [-0.05, 0) is 27.2 Å². The Labute approximate surface area is 220 Å². The number of amides is 1. The van der Waals surface area contributed by atoms with Crippen molar-refractivity contribution in [3.8, 4) is 0 Å². The number of likely N-dealkylation sites (N-methyl/N-ethyl adjacent to an activating group) is 1. The smallest absolute Gasteiger partial charge is 0.444 e. The second-order valence-corrected chi connectivity index (χ2v) is 14.2. The van der Waals surface area contributed by atoms with E-state index < -0.39 is 39.9 Å². The molecule has 0 aromatic heterocycles. The molecule has 38 heavy (non-hydrogen) atoms. The Morgan fingerprint density at radius 3 is 1.55 bits per heavy atom. The van der Waals surface area contributed by atoms with Crippen molar-refractivity contribution in [1.29, 1.82) is 0 Å².